The number of anilines is 1. The molecule has 286 valence electrons. The van der Waals surface area contributed by atoms with Gasteiger partial charge in [0.25, 0.3) is 11.8 Å². The van der Waals surface area contributed by atoms with Crippen molar-refractivity contribution in [2.75, 3.05) is 37.6 Å². The van der Waals surface area contributed by atoms with Crippen molar-refractivity contribution in [2.45, 2.75) is 44.8 Å². The Morgan fingerprint density at radius 1 is 0.754 bits per heavy atom. The second-order valence-electron chi connectivity index (χ2n) is 16.3. The van der Waals surface area contributed by atoms with Crippen LogP contribution in [-0.2, 0) is 27.5 Å². The topological polar surface area (TPSA) is 131 Å². The van der Waals surface area contributed by atoms with Crippen molar-refractivity contribution in [2.24, 2.45) is 5.41 Å². The lowest BCUT2D eigenvalue weighted by Crippen LogP contribution is -2.63. The van der Waals surface area contributed by atoms with Crippen LogP contribution in [0.5, 0.6) is 5.75 Å². The number of amides is 5. The summed E-state index contributed by atoms with van der Waals surface area (Å²) in [4.78, 5) is 71.6. The van der Waals surface area contributed by atoms with E-state index in [9.17, 15) is 29.1 Å². The highest BCUT2D eigenvalue weighted by atomic mass is 16.3. The molecule has 5 aliphatic heterocycles. The average Bonchev–Trinajstić information content (AvgIpc) is 3.71. The van der Waals surface area contributed by atoms with E-state index in [1.807, 2.05) is 23.1 Å². The highest BCUT2D eigenvalue weighted by Gasteiger charge is 2.48. The number of nitrogens with one attached hydrogen (secondary N) is 1. The van der Waals surface area contributed by atoms with Crippen molar-refractivity contribution in [3.8, 4) is 28.0 Å². The molecule has 0 aromatic heterocycles. The molecule has 10 rings (SSSR count). The minimum atomic E-state index is -0.994. The van der Waals surface area contributed by atoms with Gasteiger partial charge < -0.3 is 14.9 Å². The zero-order valence-electron chi connectivity index (χ0n) is 31.4. The van der Waals surface area contributed by atoms with Crippen molar-refractivity contribution in [3.63, 3.8) is 0 Å². The Morgan fingerprint density at radius 3 is 2.11 bits per heavy atom. The summed E-state index contributed by atoms with van der Waals surface area (Å²) < 4.78 is 0. The van der Waals surface area contributed by atoms with Crippen LogP contribution in [0.4, 0.5) is 5.69 Å². The number of fused-ring (bicyclic) bond motifs is 3. The van der Waals surface area contributed by atoms with E-state index in [4.69, 9.17) is 0 Å². The number of carbonyl (C=O) groups excluding carboxylic acids is 5. The molecule has 0 saturated carbocycles. The summed E-state index contributed by atoms with van der Waals surface area (Å²) in [6.07, 6.45) is 2.23. The fourth-order valence-electron chi connectivity index (χ4n) is 9.66. The Hall–Kier alpha value is -6.33. The molecule has 1 unspecified atom stereocenters. The van der Waals surface area contributed by atoms with Gasteiger partial charge in [-0.3, -0.25) is 39.1 Å². The van der Waals surface area contributed by atoms with Gasteiger partial charge in [-0.15, -0.1) is 0 Å². The van der Waals surface area contributed by atoms with Crippen LogP contribution in [0.25, 0.3) is 33.0 Å². The second-order valence-corrected chi connectivity index (χ2v) is 16.3. The molecule has 5 aromatic rings. The maximum atomic E-state index is 13.5. The van der Waals surface area contributed by atoms with Gasteiger partial charge in [0, 0.05) is 56.8 Å². The molecule has 11 heteroatoms. The van der Waals surface area contributed by atoms with Crippen molar-refractivity contribution < 1.29 is 29.1 Å². The molecule has 5 aliphatic rings. The highest BCUT2D eigenvalue weighted by Crippen LogP contribution is 2.43. The van der Waals surface area contributed by atoms with Gasteiger partial charge in [-0.2, -0.15) is 0 Å². The van der Waals surface area contributed by atoms with E-state index in [2.05, 4.69) is 75.8 Å². The highest BCUT2D eigenvalue weighted by molar-refractivity contribution is 6.23. The first-order valence-electron chi connectivity index (χ1n) is 19.7. The van der Waals surface area contributed by atoms with E-state index in [0.717, 1.165) is 88.1 Å². The Morgan fingerprint density at radius 2 is 1.44 bits per heavy atom. The average molecular weight is 760 g/mol. The van der Waals surface area contributed by atoms with E-state index < -0.39 is 29.7 Å². The van der Waals surface area contributed by atoms with Crippen LogP contribution in [0.15, 0.2) is 97.1 Å². The van der Waals surface area contributed by atoms with Crippen molar-refractivity contribution >= 4 is 46.0 Å². The van der Waals surface area contributed by atoms with Crippen molar-refractivity contribution in [1.82, 2.24) is 20.0 Å². The largest absolute Gasteiger partial charge is 0.508 e. The van der Waals surface area contributed by atoms with Gasteiger partial charge in [0.05, 0.1) is 17.7 Å². The lowest BCUT2D eigenvalue weighted by Gasteiger charge is -2.54. The number of carbonyl (C=O) groups is 5. The van der Waals surface area contributed by atoms with Crippen LogP contribution >= 0.6 is 0 Å². The molecule has 3 saturated heterocycles. The van der Waals surface area contributed by atoms with Crippen LogP contribution in [0, 0.1) is 5.41 Å². The molecular formula is C46H41N5O6. The number of aromatic hydroxyl groups is 1. The molecule has 5 amide bonds. The maximum Gasteiger partial charge on any atom is 0.262 e. The summed E-state index contributed by atoms with van der Waals surface area (Å²) in [5, 5.41) is 14.5. The quantitative estimate of drug-likeness (QED) is 0.210. The van der Waals surface area contributed by atoms with E-state index in [1.165, 1.54) is 5.69 Å². The van der Waals surface area contributed by atoms with Crippen LogP contribution in [0.1, 0.15) is 57.5 Å². The summed E-state index contributed by atoms with van der Waals surface area (Å²) in [6, 6.07) is 31.5. The van der Waals surface area contributed by atoms with Crippen LogP contribution < -0.4 is 10.2 Å². The number of hydrogen-bond donors (Lipinski definition) is 2. The SMILES string of the molecule is O=C1CCC(N2C(=O)c3cc4c(cc3C2=O)CN(CC(=O)N2CC3(CCN(c5ccc(-c6c(-c7ccccc7)ccc7cc(O)ccc67)cc5)CC3)C2)C4)C(=O)N1. The van der Waals surface area contributed by atoms with E-state index in [1.54, 1.807) is 18.2 Å². The Kier molecular flexibility index (Phi) is 8.26. The van der Waals surface area contributed by atoms with Crippen molar-refractivity contribution in [3.05, 3.63) is 119 Å². The number of phenols is 1. The molecule has 11 nitrogen and oxygen atoms in total. The summed E-state index contributed by atoms with van der Waals surface area (Å²) in [6.45, 7) is 4.63. The number of imide groups is 2. The lowest BCUT2D eigenvalue weighted by atomic mass is 9.72. The molecule has 1 spiro atoms. The predicted octanol–water partition coefficient (Wildman–Crippen LogP) is 5.73. The molecular weight excluding hydrogens is 719 g/mol. The fraction of sp³-hybridized carbons (Fsp3) is 0.283. The molecule has 0 aliphatic carbocycles. The van der Waals surface area contributed by atoms with Gasteiger partial charge in [-0.25, -0.2) is 0 Å². The zero-order chi connectivity index (χ0) is 39.0. The fourth-order valence-corrected chi connectivity index (χ4v) is 9.66. The minimum Gasteiger partial charge on any atom is -0.508 e. The number of hydrogen-bond acceptors (Lipinski definition) is 8. The number of benzene rings is 5. The molecule has 2 N–H and O–H groups in total. The smallest absolute Gasteiger partial charge is 0.262 e. The standard InChI is InChI=1S/C46H41N5O6/c52-34-11-13-36-30(20-34)8-12-35(28-4-2-1-3-5-28)42(36)29-6-9-33(10-7-29)49-18-16-46(17-19-49)26-50(27-46)41(54)25-48-23-31-21-37-38(22-32(31)24-48)45(57)51(44(37)56)39-14-15-40(53)47-43(39)55/h1-13,20-22,39,52H,14-19,23-27H2,(H,47,53,55). The third kappa shape index (κ3) is 6.04. The Bertz CT molecular complexity index is 2470. The van der Waals surface area contributed by atoms with E-state index in [0.29, 0.717) is 13.1 Å². The Balaban J connectivity index is 0.752. The number of rotatable bonds is 6. The van der Waals surface area contributed by atoms with Gasteiger partial charge in [0.2, 0.25) is 17.7 Å². The summed E-state index contributed by atoms with van der Waals surface area (Å²) in [5.74, 6) is -1.72. The van der Waals surface area contributed by atoms with Crippen LogP contribution in [-0.4, -0.2) is 88.1 Å². The van der Waals surface area contributed by atoms with Gasteiger partial charge >= 0.3 is 0 Å². The maximum absolute atomic E-state index is 13.5. The zero-order valence-corrected chi connectivity index (χ0v) is 31.4. The third-order valence-corrected chi connectivity index (χ3v) is 12.7. The monoisotopic (exact) mass is 759 g/mol. The van der Waals surface area contributed by atoms with Crippen LogP contribution in [0.2, 0.25) is 0 Å². The summed E-state index contributed by atoms with van der Waals surface area (Å²) in [5.41, 5.74) is 8.24. The number of piperidine rings is 2. The van der Waals surface area contributed by atoms with E-state index >= 15 is 0 Å². The number of phenolic OH excluding ortho intramolecular Hbond substituents is 1. The molecule has 57 heavy (non-hydrogen) atoms. The Labute approximate surface area is 329 Å². The molecule has 0 bridgehead atoms. The minimum absolute atomic E-state index is 0.0768. The number of likely N-dealkylation sites (tertiary alicyclic amines) is 1. The lowest BCUT2D eigenvalue weighted by molar-refractivity contribution is -0.146. The molecule has 1 atom stereocenters. The normalized spacial score (nSPS) is 20.2. The molecule has 0 radical (unpaired) electrons. The predicted molar refractivity (Wildman–Crippen MR) is 214 cm³/mol. The summed E-state index contributed by atoms with van der Waals surface area (Å²) in [7, 11) is 0. The first kappa shape index (κ1) is 35.1. The van der Waals surface area contributed by atoms with Gasteiger partial charge in [0.15, 0.2) is 0 Å². The van der Waals surface area contributed by atoms with Crippen molar-refractivity contribution in [1.29, 1.82) is 0 Å². The molecule has 3 fully saturated rings. The second kappa shape index (κ2) is 13.4. The third-order valence-electron chi connectivity index (χ3n) is 12.7. The summed E-state index contributed by atoms with van der Waals surface area (Å²) >= 11 is 0. The van der Waals surface area contributed by atoms with Crippen LogP contribution in [0.3, 0.4) is 0 Å². The number of nitrogens with zero attached hydrogens (tertiary/aromatic N) is 4. The van der Waals surface area contributed by atoms with Gasteiger partial charge in [-0.1, -0.05) is 60.7 Å². The molecule has 5 heterocycles. The molecule has 5 aromatic carbocycles. The van der Waals surface area contributed by atoms with Gasteiger partial charge in [-0.05, 0) is 99.8 Å². The first-order valence-corrected chi connectivity index (χ1v) is 19.7. The van der Waals surface area contributed by atoms with E-state index in [-0.39, 0.29) is 47.6 Å². The first-order chi connectivity index (χ1) is 27.6. The van der Waals surface area contributed by atoms with Gasteiger partial charge in [0.1, 0.15) is 11.8 Å².